The molecular weight excluding hydrogens is 458 g/mol. The molecule has 2 N–H and O–H groups in total. The Bertz CT molecular complexity index is 988. The molecule has 0 radical (unpaired) electrons. The Morgan fingerprint density at radius 2 is 1.57 bits per heavy atom. The van der Waals surface area contributed by atoms with Crippen LogP contribution in [-0.4, -0.2) is 37.6 Å². The lowest BCUT2D eigenvalue weighted by Gasteiger charge is -2.29. The molecule has 2 aromatic carbocycles. The standard InChI is InChI=1S/C32H47N3O2/c1-24(2)17-19-33-31(21-26(5)6)32(36)34-27(7)22-35(20-18-25(3)4)29-13-15-30(16-14-29)37-23-28-11-9-8-10-12-28/h8-18,26-27,31,33H,19-23H2,1-7H3,(H,34,36)/t27-,31-/m0/s1. The topological polar surface area (TPSA) is 53.6 Å². The first-order chi connectivity index (χ1) is 17.6. The maximum absolute atomic E-state index is 13.1. The van der Waals surface area contributed by atoms with Crippen molar-refractivity contribution < 1.29 is 9.53 Å². The zero-order valence-electron chi connectivity index (χ0n) is 23.9. The number of ether oxygens (including phenoxy) is 1. The number of carbonyl (C=O) groups excluding carboxylic acids is 1. The molecule has 202 valence electrons. The van der Waals surface area contributed by atoms with E-state index in [0.717, 1.165) is 30.0 Å². The molecule has 0 aliphatic heterocycles. The highest BCUT2D eigenvalue weighted by Crippen LogP contribution is 2.21. The van der Waals surface area contributed by atoms with Gasteiger partial charge in [0.1, 0.15) is 12.4 Å². The van der Waals surface area contributed by atoms with Crippen molar-refractivity contribution in [2.75, 3.05) is 24.5 Å². The molecule has 2 rings (SSSR count). The number of nitrogens with zero attached hydrogens (tertiary/aromatic N) is 1. The molecule has 0 bridgehead atoms. The number of anilines is 1. The number of allylic oxidation sites excluding steroid dienone is 2. The predicted octanol–water partition coefficient (Wildman–Crippen LogP) is 6.51. The number of hydrogen-bond donors (Lipinski definition) is 2. The van der Waals surface area contributed by atoms with Gasteiger partial charge >= 0.3 is 0 Å². The third-order valence-electron chi connectivity index (χ3n) is 5.95. The van der Waals surface area contributed by atoms with Crippen LogP contribution in [0.25, 0.3) is 0 Å². The average molecular weight is 506 g/mol. The smallest absolute Gasteiger partial charge is 0.237 e. The Morgan fingerprint density at radius 1 is 0.919 bits per heavy atom. The SMILES string of the molecule is CC(C)=CCN[C@@H](CC(C)C)C(=O)N[C@@H](C)CN(CC=C(C)C)c1ccc(OCc2ccccc2)cc1. The lowest BCUT2D eigenvalue weighted by Crippen LogP contribution is -2.50. The Hall–Kier alpha value is -3.05. The van der Waals surface area contributed by atoms with Crippen LogP contribution >= 0.6 is 0 Å². The van der Waals surface area contributed by atoms with Gasteiger partial charge in [0.15, 0.2) is 0 Å². The van der Waals surface area contributed by atoms with Gasteiger partial charge in [0.25, 0.3) is 0 Å². The van der Waals surface area contributed by atoms with Gasteiger partial charge in [-0.15, -0.1) is 0 Å². The van der Waals surface area contributed by atoms with Crippen molar-refractivity contribution in [1.29, 1.82) is 0 Å². The molecule has 37 heavy (non-hydrogen) atoms. The fraction of sp³-hybridized carbons (Fsp3) is 0.469. The Kier molecular flexibility index (Phi) is 13.0. The number of benzene rings is 2. The van der Waals surface area contributed by atoms with Crippen LogP contribution in [0.1, 0.15) is 60.5 Å². The maximum atomic E-state index is 13.1. The number of hydrogen-bond acceptors (Lipinski definition) is 4. The van der Waals surface area contributed by atoms with E-state index in [1.165, 1.54) is 11.1 Å². The van der Waals surface area contributed by atoms with Crippen molar-refractivity contribution in [3.63, 3.8) is 0 Å². The molecule has 0 saturated heterocycles. The number of carbonyl (C=O) groups is 1. The van der Waals surface area contributed by atoms with Gasteiger partial charge < -0.3 is 20.3 Å². The average Bonchev–Trinajstić information content (AvgIpc) is 2.85. The van der Waals surface area contributed by atoms with Crippen LogP contribution in [0, 0.1) is 5.92 Å². The van der Waals surface area contributed by atoms with Crippen LogP contribution in [0.3, 0.4) is 0 Å². The summed E-state index contributed by atoms with van der Waals surface area (Å²) in [6, 6.07) is 18.2. The molecule has 2 atom stereocenters. The monoisotopic (exact) mass is 505 g/mol. The molecule has 0 fully saturated rings. The van der Waals surface area contributed by atoms with E-state index >= 15 is 0 Å². The summed E-state index contributed by atoms with van der Waals surface area (Å²) in [5, 5.41) is 6.67. The van der Waals surface area contributed by atoms with E-state index in [1.807, 2.05) is 30.3 Å². The van der Waals surface area contributed by atoms with Gasteiger partial charge in [-0.3, -0.25) is 4.79 Å². The summed E-state index contributed by atoms with van der Waals surface area (Å²) in [4.78, 5) is 15.4. The summed E-state index contributed by atoms with van der Waals surface area (Å²) in [5.41, 5.74) is 4.76. The summed E-state index contributed by atoms with van der Waals surface area (Å²) in [7, 11) is 0. The van der Waals surface area contributed by atoms with E-state index in [9.17, 15) is 4.79 Å². The second kappa shape index (κ2) is 15.9. The summed E-state index contributed by atoms with van der Waals surface area (Å²) >= 11 is 0. The summed E-state index contributed by atoms with van der Waals surface area (Å²) in [5.74, 6) is 1.34. The minimum absolute atomic E-state index is 0.00742. The minimum atomic E-state index is -0.203. The molecule has 2 aromatic rings. The van der Waals surface area contributed by atoms with Crippen LogP contribution in [0.4, 0.5) is 5.69 Å². The third kappa shape index (κ3) is 12.2. The summed E-state index contributed by atoms with van der Waals surface area (Å²) in [6.45, 7) is 17.5. The van der Waals surface area contributed by atoms with E-state index in [2.05, 4.69) is 100 Å². The minimum Gasteiger partial charge on any atom is -0.489 e. The fourth-order valence-corrected chi connectivity index (χ4v) is 3.95. The lowest BCUT2D eigenvalue weighted by molar-refractivity contribution is -0.124. The molecule has 5 heteroatoms. The number of amides is 1. The van der Waals surface area contributed by atoms with Gasteiger partial charge in [-0.05, 0) is 76.8 Å². The van der Waals surface area contributed by atoms with Crippen molar-refractivity contribution in [1.82, 2.24) is 10.6 Å². The molecule has 0 spiro atoms. The van der Waals surface area contributed by atoms with Gasteiger partial charge in [0, 0.05) is 31.4 Å². The quantitative estimate of drug-likeness (QED) is 0.271. The zero-order chi connectivity index (χ0) is 27.2. The lowest BCUT2D eigenvalue weighted by atomic mass is 10.0. The molecule has 0 heterocycles. The van der Waals surface area contributed by atoms with Crippen molar-refractivity contribution in [2.24, 2.45) is 5.92 Å². The normalized spacial score (nSPS) is 12.4. The first kappa shape index (κ1) is 30.2. The molecule has 0 saturated carbocycles. The van der Waals surface area contributed by atoms with Gasteiger partial charge in [0.2, 0.25) is 5.91 Å². The Balaban J connectivity index is 2.03. The highest BCUT2D eigenvalue weighted by atomic mass is 16.5. The molecule has 0 aliphatic rings. The zero-order valence-corrected chi connectivity index (χ0v) is 23.9. The van der Waals surface area contributed by atoms with Crippen LogP contribution in [0.2, 0.25) is 0 Å². The summed E-state index contributed by atoms with van der Waals surface area (Å²) in [6.07, 6.45) is 5.15. The second-order valence-corrected chi connectivity index (χ2v) is 10.7. The summed E-state index contributed by atoms with van der Waals surface area (Å²) < 4.78 is 5.97. The van der Waals surface area contributed by atoms with Crippen LogP contribution in [-0.2, 0) is 11.4 Å². The van der Waals surface area contributed by atoms with Crippen LogP contribution in [0.15, 0.2) is 77.9 Å². The first-order valence-electron chi connectivity index (χ1n) is 13.5. The Morgan fingerprint density at radius 3 is 2.16 bits per heavy atom. The van der Waals surface area contributed by atoms with Crippen LogP contribution in [0.5, 0.6) is 5.75 Å². The van der Waals surface area contributed by atoms with Gasteiger partial charge in [0.05, 0.1) is 6.04 Å². The fourth-order valence-electron chi connectivity index (χ4n) is 3.95. The predicted molar refractivity (Wildman–Crippen MR) is 157 cm³/mol. The molecule has 0 aromatic heterocycles. The third-order valence-corrected chi connectivity index (χ3v) is 5.95. The van der Waals surface area contributed by atoms with Crippen molar-refractivity contribution in [2.45, 2.75) is 73.6 Å². The number of rotatable bonds is 15. The Labute approximate surface area is 225 Å². The van der Waals surface area contributed by atoms with E-state index in [0.29, 0.717) is 25.6 Å². The van der Waals surface area contributed by atoms with E-state index in [1.54, 1.807) is 0 Å². The molecule has 0 unspecified atom stereocenters. The molecule has 5 nitrogen and oxygen atoms in total. The van der Waals surface area contributed by atoms with E-state index in [4.69, 9.17) is 4.74 Å². The first-order valence-corrected chi connectivity index (χ1v) is 13.5. The van der Waals surface area contributed by atoms with Crippen molar-refractivity contribution >= 4 is 11.6 Å². The molecule has 1 amide bonds. The molecular formula is C32H47N3O2. The largest absolute Gasteiger partial charge is 0.489 e. The van der Waals surface area contributed by atoms with Crippen molar-refractivity contribution in [3.05, 3.63) is 83.5 Å². The van der Waals surface area contributed by atoms with Gasteiger partial charge in [-0.2, -0.15) is 0 Å². The van der Waals surface area contributed by atoms with Crippen LogP contribution < -0.4 is 20.3 Å². The molecule has 0 aliphatic carbocycles. The van der Waals surface area contributed by atoms with Crippen molar-refractivity contribution in [3.8, 4) is 5.75 Å². The second-order valence-electron chi connectivity index (χ2n) is 10.7. The highest BCUT2D eigenvalue weighted by molar-refractivity contribution is 5.82. The van der Waals surface area contributed by atoms with Gasteiger partial charge in [-0.1, -0.05) is 67.5 Å². The highest BCUT2D eigenvalue weighted by Gasteiger charge is 2.21. The maximum Gasteiger partial charge on any atom is 0.237 e. The van der Waals surface area contributed by atoms with Gasteiger partial charge in [-0.25, -0.2) is 0 Å². The van der Waals surface area contributed by atoms with E-state index < -0.39 is 0 Å². The number of nitrogens with one attached hydrogen (secondary N) is 2. The van der Waals surface area contributed by atoms with E-state index in [-0.39, 0.29) is 18.0 Å².